The molecule has 1 aromatic rings. The first-order valence-electron chi connectivity index (χ1n) is 5.80. The van der Waals surface area contributed by atoms with Crippen molar-refractivity contribution in [3.8, 4) is 0 Å². The predicted octanol–water partition coefficient (Wildman–Crippen LogP) is 2.45. The molecule has 0 aliphatic rings. The number of carbonyl (C=O) groups is 2. The Morgan fingerprint density at radius 2 is 1.84 bits per heavy atom. The minimum Gasteiger partial charge on any atom is -0.478 e. The summed E-state index contributed by atoms with van der Waals surface area (Å²) >= 11 is 0. The van der Waals surface area contributed by atoms with Gasteiger partial charge in [0.2, 0.25) is 0 Å². The molecule has 0 unspecified atom stereocenters. The highest BCUT2D eigenvalue weighted by Gasteiger charge is 2.20. The summed E-state index contributed by atoms with van der Waals surface area (Å²) < 4.78 is 0. The summed E-state index contributed by atoms with van der Waals surface area (Å²) in [5.41, 5.74) is 1.33. The maximum atomic E-state index is 12.2. The number of hydrogen-bond acceptors (Lipinski definition) is 2. The van der Waals surface area contributed by atoms with Crippen molar-refractivity contribution in [2.24, 2.45) is 0 Å². The quantitative estimate of drug-likeness (QED) is 0.848. The molecular formula is C14H18N2O3. The number of benzene rings is 1. The minimum absolute atomic E-state index is 0.0991. The van der Waals surface area contributed by atoms with Gasteiger partial charge in [-0.05, 0) is 19.1 Å². The Morgan fingerprint density at radius 3 is 2.37 bits per heavy atom. The Bertz CT molecular complexity index is 511. The predicted molar refractivity (Wildman–Crippen MR) is 74.6 cm³/mol. The second-order valence-electron chi connectivity index (χ2n) is 4.48. The van der Waals surface area contributed by atoms with Crippen molar-refractivity contribution in [3.05, 3.63) is 42.0 Å². The van der Waals surface area contributed by atoms with Crippen LogP contribution in [0.25, 0.3) is 0 Å². The highest BCUT2D eigenvalue weighted by Crippen LogP contribution is 2.20. The van der Waals surface area contributed by atoms with Gasteiger partial charge in [0.25, 0.3) is 0 Å². The number of carboxylic acid groups (broad SMARTS) is 1. The summed E-state index contributed by atoms with van der Waals surface area (Å²) in [5.74, 6) is -1.06. The van der Waals surface area contributed by atoms with Gasteiger partial charge in [-0.3, -0.25) is 4.90 Å². The second-order valence-corrected chi connectivity index (χ2v) is 4.48. The van der Waals surface area contributed by atoms with Gasteiger partial charge in [-0.25, -0.2) is 9.59 Å². The van der Waals surface area contributed by atoms with Gasteiger partial charge in [0.15, 0.2) is 0 Å². The molecule has 5 heteroatoms. The Hall–Kier alpha value is -2.30. The van der Waals surface area contributed by atoms with E-state index in [0.29, 0.717) is 12.2 Å². The van der Waals surface area contributed by atoms with E-state index < -0.39 is 5.97 Å². The second kappa shape index (κ2) is 6.04. The van der Waals surface area contributed by atoms with Gasteiger partial charge < -0.3 is 10.0 Å². The molecule has 19 heavy (non-hydrogen) atoms. The van der Waals surface area contributed by atoms with E-state index in [4.69, 9.17) is 5.11 Å². The zero-order valence-electron chi connectivity index (χ0n) is 11.4. The molecule has 5 nitrogen and oxygen atoms in total. The molecule has 0 bridgehead atoms. The first-order chi connectivity index (χ1) is 8.84. The molecule has 0 saturated heterocycles. The number of amides is 2. The third kappa shape index (κ3) is 3.58. The fourth-order valence-electron chi connectivity index (χ4n) is 1.78. The van der Waals surface area contributed by atoms with E-state index in [9.17, 15) is 9.59 Å². The van der Waals surface area contributed by atoms with Crippen LogP contribution in [0, 0.1) is 0 Å². The van der Waals surface area contributed by atoms with Crippen LogP contribution in [-0.2, 0) is 0 Å². The maximum Gasteiger partial charge on any atom is 0.337 e. The molecule has 2 amide bonds. The molecule has 0 radical (unpaired) electrons. The van der Waals surface area contributed by atoms with E-state index in [1.807, 2.05) is 6.92 Å². The summed E-state index contributed by atoms with van der Waals surface area (Å²) in [6, 6.07) is 6.13. The average Bonchev–Trinajstić information content (AvgIpc) is 2.36. The fourth-order valence-corrected chi connectivity index (χ4v) is 1.78. The molecule has 1 N–H and O–H groups in total. The molecule has 102 valence electrons. The number of hydrogen-bond donors (Lipinski definition) is 1. The number of nitrogens with zero attached hydrogens (tertiary/aromatic N) is 2. The molecule has 0 aromatic heterocycles. The Morgan fingerprint density at radius 1 is 1.26 bits per heavy atom. The van der Waals surface area contributed by atoms with Gasteiger partial charge in [-0.15, -0.1) is 0 Å². The third-order valence-corrected chi connectivity index (χ3v) is 2.62. The van der Waals surface area contributed by atoms with Gasteiger partial charge in [0, 0.05) is 20.6 Å². The number of para-hydroxylation sites is 1. The molecule has 0 fully saturated rings. The molecular weight excluding hydrogens is 244 g/mol. The van der Waals surface area contributed by atoms with Gasteiger partial charge >= 0.3 is 12.0 Å². The smallest absolute Gasteiger partial charge is 0.337 e. The van der Waals surface area contributed by atoms with Crippen LogP contribution in [-0.4, -0.2) is 42.6 Å². The summed E-state index contributed by atoms with van der Waals surface area (Å²) in [4.78, 5) is 26.1. The molecule has 0 aliphatic carbocycles. The Labute approximate surface area is 112 Å². The van der Waals surface area contributed by atoms with Crippen molar-refractivity contribution < 1.29 is 14.7 Å². The summed E-state index contributed by atoms with van der Waals surface area (Å²) in [6.07, 6.45) is 0. The van der Waals surface area contributed by atoms with Crippen LogP contribution in [0.15, 0.2) is 36.4 Å². The lowest BCUT2D eigenvalue weighted by molar-refractivity contribution is 0.0697. The molecule has 1 rings (SSSR count). The van der Waals surface area contributed by atoms with E-state index in [2.05, 4.69) is 6.58 Å². The Balaban J connectivity index is 3.00. The van der Waals surface area contributed by atoms with E-state index in [1.165, 1.54) is 15.9 Å². The largest absolute Gasteiger partial charge is 0.478 e. The van der Waals surface area contributed by atoms with Crippen molar-refractivity contribution in [1.82, 2.24) is 4.90 Å². The number of likely N-dealkylation sites (N-methyl/N-ethyl adjacent to an activating group) is 1. The number of carboxylic acids is 1. The number of carbonyl (C=O) groups excluding carboxylic acids is 1. The van der Waals surface area contributed by atoms with Gasteiger partial charge in [-0.2, -0.15) is 0 Å². The monoisotopic (exact) mass is 262 g/mol. The minimum atomic E-state index is -1.06. The van der Waals surface area contributed by atoms with Crippen LogP contribution < -0.4 is 4.90 Å². The van der Waals surface area contributed by atoms with Crippen molar-refractivity contribution in [3.63, 3.8) is 0 Å². The highest BCUT2D eigenvalue weighted by molar-refractivity contribution is 6.01. The molecule has 0 heterocycles. The number of anilines is 1. The average molecular weight is 262 g/mol. The first kappa shape index (κ1) is 14.8. The molecule has 0 aliphatic heterocycles. The van der Waals surface area contributed by atoms with E-state index in [0.717, 1.165) is 5.57 Å². The van der Waals surface area contributed by atoms with Crippen molar-refractivity contribution >= 4 is 17.7 Å². The van der Waals surface area contributed by atoms with E-state index in [-0.39, 0.29) is 11.6 Å². The van der Waals surface area contributed by atoms with E-state index >= 15 is 0 Å². The van der Waals surface area contributed by atoms with Crippen LogP contribution in [0.3, 0.4) is 0 Å². The topological polar surface area (TPSA) is 60.9 Å². The molecule has 0 saturated carbocycles. The van der Waals surface area contributed by atoms with Crippen molar-refractivity contribution in [2.75, 3.05) is 25.5 Å². The molecule has 1 aromatic carbocycles. The first-order valence-corrected chi connectivity index (χ1v) is 5.80. The number of urea groups is 1. The maximum absolute atomic E-state index is 12.2. The highest BCUT2D eigenvalue weighted by atomic mass is 16.4. The van der Waals surface area contributed by atoms with Crippen LogP contribution in [0.2, 0.25) is 0 Å². The fraction of sp³-hybridized carbons (Fsp3) is 0.286. The lowest BCUT2D eigenvalue weighted by Crippen LogP contribution is -2.40. The number of rotatable bonds is 4. The zero-order chi connectivity index (χ0) is 14.6. The van der Waals surface area contributed by atoms with Crippen molar-refractivity contribution in [1.29, 1.82) is 0 Å². The summed E-state index contributed by atoms with van der Waals surface area (Å²) in [6.45, 7) is 6.01. The lowest BCUT2D eigenvalue weighted by Gasteiger charge is -2.26. The normalized spacial score (nSPS) is 9.84. The molecule has 0 atom stereocenters. The summed E-state index contributed by atoms with van der Waals surface area (Å²) in [7, 11) is 3.20. The van der Waals surface area contributed by atoms with Gasteiger partial charge in [0.1, 0.15) is 0 Å². The SMILES string of the molecule is C=C(C)CN(C)C(=O)N(C)c1ccccc1C(=O)O. The van der Waals surface area contributed by atoms with Crippen molar-refractivity contribution in [2.45, 2.75) is 6.92 Å². The van der Waals surface area contributed by atoms with Crippen LogP contribution in [0.5, 0.6) is 0 Å². The standard InChI is InChI=1S/C14H18N2O3/c1-10(2)9-15(3)14(19)16(4)12-8-6-5-7-11(12)13(17)18/h5-8H,1,9H2,2-4H3,(H,17,18). The third-order valence-electron chi connectivity index (χ3n) is 2.62. The zero-order valence-corrected chi connectivity index (χ0v) is 11.4. The van der Waals surface area contributed by atoms with Crippen LogP contribution in [0.4, 0.5) is 10.5 Å². The Kier molecular flexibility index (Phi) is 4.69. The summed E-state index contributed by atoms with van der Waals surface area (Å²) in [5, 5.41) is 9.11. The van der Waals surface area contributed by atoms with E-state index in [1.54, 1.807) is 32.3 Å². The number of aromatic carboxylic acids is 1. The van der Waals surface area contributed by atoms with Crippen LogP contribution >= 0.6 is 0 Å². The lowest BCUT2D eigenvalue weighted by atomic mass is 10.1. The van der Waals surface area contributed by atoms with Gasteiger partial charge in [0.05, 0.1) is 11.3 Å². The van der Waals surface area contributed by atoms with Crippen LogP contribution in [0.1, 0.15) is 17.3 Å². The van der Waals surface area contributed by atoms with Gasteiger partial charge in [-0.1, -0.05) is 24.3 Å². The molecule has 0 spiro atoms.